The summed E-state index contributed by atoms with van der Waals surface area (Å²) in [6.45, 7) is 0. The van der Waals surface area contributed by atoms with Crippen molar-refractivity contribution in [2.45, 2.75) is 23.3 Å². The van der Waals surface area contributed by atoms with Crippen LogP contribution in [0.25, 0.3) is 0 Å². The maximum Gasteiger partial charge on any atom is 0.238 e. The van der Waals surface area contributed by atoms with Gasteiger partial charge in [-0.25, -0.2) is 0 Å². The van der Waals surface area contributed by atoms with E-state index in [0.717, 1.165) is 17.7 Å². The Morgan fingerprint density at radius 3 is 2.50 bits per heavy atom. The molecule has 3 nitrogen and oxygen atoms in total. The fourth-order valence-corrected chi connectivity index (χ4v) is 2.84. The van der Waals surface area contributed by atoms with Crippen LogP contribution in [-0.2, 0) is 4.79 Å². The van der Waals surface area contributed by atoms with Gasteiger partial charge >= 0.3 is 0 Å². The van der Waals surface area contributed by atoms with Crippen LogP contribution >= 0.6 is 11.8 Å². The standard InChI is InChI=1S/C12H16N2OS/c13-11(15)12(14,9-6-7-9)8-16-10-4-2-1-3-5-10/h1-5,9H,6-8,14H2,(H2,13,15). The molecule has 1 atom stereocenters. The lowest BCUT2D eigenvalue weighted by atomic mass is 9.96. The molecule has 4 N–H and O–H groups in total. The van der Waals surface area contributed by atoms with Gasteiger partial charge in [-0.15, -0.1) is 11.8 Å². The van der Waals surface area contributed by atoms with E-state index >= 15 is 0 Å². The van der Waals surface area contributed by atoms with Gasteiger partial charge in [-0.1, -0.05) is 18.2 Å². The smallest absolute Gasteiger partial charge is 0.238 e. The minimum atomic E-state index is -0.833. The second kappa shape index (κ2) is 4.47. The van der Waals surface area contributed by atoms with E-state index in [1.807, 2.05) is 30.3 Å². The van der Waals surface area contributed by atoms with Crippen molar-refractivity contribution in [3.05, 3.63) is 30.3 Å². The molecule has 0 heterocycles. The highest BCUT2D eigenvalue weighted by Crippen LogP contribution is 2.40. The van der Waals surface area contributed by atoms with Gasteiger partial charge in [0.1, 0.15) is 5.54 Å². The molecule has 1 unspecified atom stereocenters. The number of thioether (sulfide) groups is 1. The van der Waals surface area contributed by atoms with Gasteiger partial charge in [0, 0.05) is 10.6 Å². The van der Waals surface area contributed by atoms with E-state index < -0.39 is 5.54 Å². The maximum atomic E-state index is 11.4. The molecule has 0 aromatic heterocycles. The fourth-order valence-electron chi connectivity index (χ4n) is 1.71. The average molecular weight is 236 g/mol. The van der Waals surface area contributed by atoms with Crippen LogP contribution in [0.3, 0.4) is 0 Å². The normalized spacial score (nSPS) is 19.1. The van der Waals surface area contributed by atoms with Crippen molar-refractivity contribution in [2.75, 3.05) is 5.75 Å². The molecular formula is C12H16N2OS. The van der Waals surface area contributed by atoms with Crippen LogP contribution < -0.4 is 11.5 Å². The molecule has 0 bridgehead atoms. The largest absolute Gasteiger partial charge is 0.368 e. The highest BCUT2D eigenvalue weighted by molar-refractivity contribution is 7.99. The summed E-state index contributed by atoms with van der Waals surface area (Å²) in [5.74, 6) is 0.469. The molecule has 0 spiro atoms. The Morgan fingerprint density at radius 2 is 2.00 bits per heavy atom. The molecule has 1 aliphatic rings. The first-order chi connectivity index (χ1) is 7.63. The molecule has 86 valence electrons. The van der Waals surface area contributed by atoms with Crippen molar-refractivity contribution >= 4 is 17.7 Å². The summed E-state index contributed by atoms with van der Waals surface area (Å²) in [6.07, 6.45) is 2.05. The summed E-state index contributed by atoms with van der Waals surface area (Å²) in [5.41, 5.74) is 10.7. The molecule has 2 rings (SSSR count). The van der Waals surface area contributed by atoms with Gasteiger partial charge in [-0.2, -0.15) is 0 Å². The molecule has 0 saturated heterocycles. The van der Waals surface area contributed by atoms with Crippen LogP contribution in [0.1, 0.15) is 12.8 Å². The van der Waals surface area contributed by atoms with Gasteiger partial charge in [0.2, 0.25) is 5.91 Å². The fraction of sp³-hybridized carbons (Fsp3) is 0.417. The molecule has 1 aliphatic carbocycles. The lowest BCUT2D eigenvalue weighted by Gasteiger charge is -2.25. The number of carbonyl (C=O) groups is 1. The van der Waals surface area contributed by atoms with Crippen LogP contribution in [0.2, 0.25) is 0 Å². The first kappa shape index (κ1) is 11.5. The monoisotopic (exact) mass is 236 g/mol. The molecule has 1 aromatic carbocycles. The molecular weight excluding hydrogens is 220 g/mol. The summed E-state index contributed by atoms with van der Waals surface area (Å²) in [7, 11) is 0. The van der Waals surface area contributed by atoms with E-state index in [4.69, 9.17) is 11.5 Å². The average Bonchev–Trinajstić information content (AvgIpc) is 3.11. The number of hydrogen-bond donors (Lipinski definition) is 2. The molecule has 1 fully saturated rings. The minimum Gasteiger partial charge on any atom is -0.368 e. The van der Waals surface area contributed by atoms with Gasteiger partial charge in [0.05, 0.1) is 0 Å². The lowest BCUT2D eigenvalue weighted by molar-refractivity contribution is -0.123. The number of nitrogens with two attached hydrogens (primary N) is 2. The van der Waals surface area contributed by atoms with Crippen molar-refractivity contribution in [3.63, 3.8) is 0 Å². The number of benzene rings is 1. The summed E-state index contributed by atoms with van der Waals surface area (Å²) < 4.78 is 0. The highest BCUT2D eigenvalue weighted by atomic mass is 32.2. The van der Waals surface area contributed by atoms with Crippen molar-refractivity contribution in [1.82, 2.24) is 0 Å². The number of carbonyl (C=O) groups excluding carboxylic acids is 1. The summed E-state index contributed by atoms with van der Waals surface area (Å²) in [6, 6.07) is 9.94. The zero-order chi connectivity index (χ0) is 11.6. The third-order valence-electron chi connectivity index (χ3n) is 2.99. The zero-order valence-electron chi connectivity index (χ0n) is 9.06. The van der Waals surface area contributed by atoms with E-state index in [9.17, 15) is 4.79 Å². The Hall–Kier alpha value is -1.00. The van der Waals surface area contributed by atoms with Crippen molar-refractivity contribution in [1.29, 1.82) is 0 Å². The van der Waals surface area contributed by atoms with Crippen molar-refractivity contribution < 1.29 is 4.79 Å². The van der Waals surface area contributed by atoms with Crippen LogP contribution in [0.5, 0.6) is 0 Å². The van der Waals surface area contributed by atoms with Crippen molar-refractivity contribution in [3.8, 4) is 0 Å². The maximum absolute atomic E-state index is 11.4. The predicted octanol–water partition coefficient (Wildman–Crippen LogP) is 1.37. The molecule has 1 amide bonds. The number of hydrogen-bond acceptors (Lipinski definition) is 3. The number of primary amides is 1. The molecule has 1 aromatic rings. The van der Waals surface area contributed by atoms with E-state index in [1.165, 1.54) is 0 Å². The second-order valence-corrected chi connectivity index (χ2v) is 5.33. The quantitative estimate of drug-likeness (QED) is 0.759. The first-order valence-corrected chi connectivity index (χ1v) is 6.38. The first-order valence-electron chi connectivity index (χ1n) is 5.39. The molecule has 1 saturated carbocycles. The molecule has 16 heavy (non-hydrogen) atoms. The van der Waals surface area contributed by atoms with Crippen LogP contribution in [-0.4, -0.2) is 17.2 Å². The Kier molecular flexibility index (Phi) is 3.21. The predicted molar refractivity (Wildman–Crippen MR) is 66.0 cm³/mol. The van der Waals surface area contributed by atoms with Gasteiger partial charge in [0.15, 0.2) is 0 Å². The lowest BCUT2D eigenvalue weighted by Crippen LogP contribution is -2.56. The van der Waals surface area contributed by atoms with Crippen LogP contribution in [0, 0.1) is 5.92 Å². The Labute approximate surface area is 99.6 Å². The Bertz CT molecular complexity index is 378. The van der Waals surface area contributed by atoms with Gasteiger partial charge in [0.25, 0.3) is 0 Å². The topological polar surface area (TPSA) is 69.1 Å². The van der Waals surface area contributed by atoms with Gasteiger partial charge in [-0.05, 0) is 30.9 Å². The van der Waals surface area contributed by atoms with Crippen molar-refractivity contribution in [2.24, 2.45) is 17.4 Å². The third-order valence-corrected chi connectivity index (χ3v) is 4.21. The SMILES string of the molecule is NC(=O)C(N)(CSc1ccccc1)C1CC1. The second-order valence-electron chi connectivity index (χ2n) is 4.28. The highest BCUT2D eigenvalue weighted by Gasteiger charge is 2.46. The van der Waals surface area contributed by atoms with Gasteiger partial charge < -0.3 is 11.5 Å². The summed E-state index contributed by atoms with van der Waals surface area (Å²) in [5, 5.41) is 0. The van der Waals surface area contributed by atoms with E-state index in [0.29, 0.717) is 5.75 Å². The Balaban J connectivity index is 2.00. The third kappa shape index (κ3) is 2.39. The zero-order valence-corrected chi connectivity index (χ0v) is 9.87. The van der Waals surface area contributed by atoms with E-state index in [2.05, 4.69) is 0 Å². The van der Waals surface area contributed by atoms with Crippen LogP contribution in [0.4, 0.5) is 0 Å². The number of amides is 1. The van der Waals surface area contributed by atoms with E-state index in [-0.39, 0.29) is 11.8 Å². The van der Waals surface area contributed by atoms with Crippen LogP contribution in [0.15, 0.2) is 35.2 Å². The summed E-state index contributed by atoms with van der Waals surface area (Å²) >= 11 is 1.60. The number of rotatable bonds is 5. The summed E-state index contributed by atoms with van der Waals surface area (Å²) in [4.78, 5) is 12.5. The molecule has 4 heteroatoms. The molecule has 0 radical (unpaired) electrons. The minimum absolute atomic E-state index is 0.279. The Morgan fingerprint density at radius 1 is 1.38 bits per heavy atom. The van der Waals surface area contributed by atoms with E-state index in [1.54, 1.807) is 11.8 Å². The molecule has 0 aliphatic heterocycles. The van der Waals surface area contributed by atoms with Gasteiger partial charge in [-0.3, -0.25) is 4.79 Å².